The molecule has 0 aliphatic rings. The lowest BCUT2D eigenvalue weighted by Crippen LogP contribution is -2.49. The quantitative estimate of drug-likeness (QED) is 0.806. The van der Waals surface area contributed by atoms with Crippen molar-refractivity contribution in [2.45, 2.75) is 65.6 Å². The average molecular weight is 230 g/mol. The van der Waals surface area contributed by atoms with Crippen molar-refractivity contribution in [2.24, 2.45) is 5.73 Å². The summed E-state index contributed by atoms with van der Waals surface area (Å²) in [6.07, 6.45) is 0.621. The van der Waals surface area contributed by atoms with E-state index in [1.807, 2.05) is 41.5 Å². The van der Waals surface area contributed by atoms with Gasteiger partial charge in [0.1, 0.15) is 5.60 Å². The fraction of sp³-hybridized carbons (Fsp3) is 0.917. The first-order valence-corrected chi connectivity index (χ1v) is 5.94. The molecular weight excluding hydrogens is 204 g/mol. The van der Waals surface area contributed by atoms with Crippen molar-refractivity contribution in [3.8, 4) is 0 Å². The summed E-state index contributed by atoms with van der Waals surface area (Å²) in [5.74, 6) is 0. The molecule has 16 heavy (non-hydrogen) atoms. The Labute approximate surface area is 99.1 Å². The zero-order chi connectivity index (χ0) is 12.9. The van der Waals surface area contributed by atoms with Crippen LogP contribution in [0.25, 0.3) is 0 Å². The van der Waals surface area contributed by atoms with Gasteiger partial charge in [0.25, 0.3) is 0 Å². The van der Waals surface area contributed by atoms with Gasteiger partial charge in [-0.2, -0.15) is 0 Å². The number of rotatable bonds is 4. The van der Waals surface area contributed by atoms with Crippen LogP contribution in [-0.2, 0) is 4.74 Å². The molecule has 0 aromatic carbocycles. The highest BCUT2D eigenvalue weighted by Gasteiger charge is 2.26. The van der Waals surface area contributed by atoms with Gasteiger partial charge >= 0.3 is 6.09 Å². The van der Waals surface area contributed by atoms with Crippen LogP contribution in [0.1, 0.15) is 48.0 Å². The Morgan fingerprint density at radius 3 is 2.19 bits per heavy atom. The zero-order valence-electron chi connectivity index (χ0n) is 11.4. The van der Waals surface area contributed by atoms with E-state index < -0.39 is 5.60 Å². The van der Waals surface area contributed by atoms with Gasteiger partial charge in [0.2, 0.25) is 0 Å². The minimum Gasteiger partial charge on any atom is -0.444 e. The summed E-state index contributed by atoms with van der Waals surface area (Å²) >= 11 is 0. The molecule has 0 saturated heterocycles. The summed E-state index contributed by atoms with van der Waals surface area (Å²) in [6, 6.07) is -0.0612. The van der Waals surface area contributed by atoms with E-state index in [0.717, 1.165) is 6.42 Å². The molecule has 0 aliphatic heterocycles. The predicted molar refractivity (Wildman–Crippen MR) is 66.3 cm³/mol. The van der Waals surface area contributed by atoms with E-state index in [4.69, 9.17) is 10.5 Å². The van der Waals surface area contributed by atoms with E-state index in [2.05, 4.69) is 0 Å². The first-order chi connectivity index (χ1) is 7.19. The van der Waals surface area contributed by atoms with Gasteiger partial charge in [-0.15, -0.1) is 0 Å². The van der Waals surface area contributed by atoms with Crippen LogP contribution in [0.3, 0.4) is 0 Å². The smallest absolute Gasteiger partial charge is 0.410 e. The Morgan fingerprint density at radius 1 is 1.38 bits per heavy atom. The standard InChI is InChI=1S/C12H26N2O2/c1-7-8-14(10(3)9(2)13)11(15)16-12(4,5)6/h9-10H,7-8,13H2,1-6H3/t9-,10?/m0/s1. The normalized spacial score (nSPS) is 15.4. The highest BCUT2D eigenvalue weighted by molar-refractivity contribution is 5.68. The first-order valence-electron chi connectivity index (χ1n) is 5.94. The summed E-state index contributed by atoms with van der Waals surface area (Å²) < 4.78 is 5.36. The maximum absolute atomic E-state index is 11.9. The Morgan fingerprint density at radius 2 is 1.88 bits per heavy atom. The lowest BCUT2D eigenvalue weighted by atomic mass is 10.1. The molecule has 2 N–H and O–H groups in total. The molecule has 0 fully saturated rings. The van der Waals surface area contributed by atoms with Crippen LogP contribution in [-0.4, -0.2) is 35.2 Å². The zero-order valence-corrected chi connectivity index (χ0v) is 11.4. The summed E-state index contributed by atoms with van der Waals surface area (Å²) in [4.78, 5) is 13.6. The number of carbonyl (C=O) groups is 1. The van der Waals surface area contributed by atoms with Crippen molar-refractivity contribution in [3.05, 3.63) is 0 Å². The summed E-state index contributed by atoms with van der Waals surface area (Å²) in [7, 11) is 0. The van der Waals surface area contributed by atoms with E-state index in [1.165, 1.54) is 0 Å². The second-order valence-electron chi connectivity index (χ2n) is 5.27. The Kier molecular flexibility index (Phi) is 5.79. The minimum absolute atomic E-state index is 0.00481. The van der Waals surface area contributed by atoms with Crippen LogP contribution >= 0.6 is 0 Å². The number of carbonyl (C=O) groups excluding carboxylic acids is 1. The van der Waals surface area contributed by atoms with Crippen molar-refractivity contribution in [1.29, 1.82) is 0 Å². The highest BCUT2D eigenvalue weighted by atomic mass is 16.6. The van der Waals surface area contributed by atoms with E-state index in [1.54, 1.807) is 4.90 Å². The SMILES string of the molecule is CCCN(C(=O)OC(C)(C)C)C(C)[C@H](C)N. The van der Waals surface area contributed by atoms with Gasteiger partial charge < -0.3 is 15.4 Å². The maximum atomic E-state index is 11.9. The van der Waals surface area contributed by atoms with Crippen LogP contribution in [0.4, 0.5) is 4.79 Å². The highest BCUT2D eigenvalue weighted by Crippen LogP contribution is 2.13. The summed E-state index contributed by atoms with van der Waals surface area (Å²) in [5.41, 5.74) is 5.36. The Hall–Kier alpha value is -0.770. The van der Waals surface area contributed by atoms with Crippen LogP contribution in [0, 0.1) is 0 Å². The molecule has 0 rings (SSSR count). The van der Waals surface area contributed by atoms with E-state index in [9.17, 15) is 4.79 Å². The fourth-order valence-electron chi connectivity index (χ4n) is 1.31. The molecule has 0 spiro atoms. The largest absolute Gasteiger partial charge is 0.444 e. The molecule has 1 unspecified atom stereocenters. The van der Waals surface area contributed by atoms with Crippen molar-refractivity contribution in [2.75, 3.05) is 6.54 Å². The van der Waals surface area contributed by atoms with Crippen molar-refractivity contribution in [1.82, 2.24) is 4.90 Å². The van der Waals surface area contributed by atoms with Gasteiger partial charge in [-0.3, -0.25) is 0 Å². The van der Waals surface area contributed by atoms with E-state index in [0.29, 0.717) is 6.54 Å². The molecule has 96 valence electrons. The molecule has 0 aromatic rings. The van der Waals surface area contributed by atoms with Gasteiger partial charge in [0.05, 0.1) is 0 Å². The Balaban J connectivity index is 4.59. The molecule has 1 amide bonds. The summed E-state index contributed by atoms with van der Waals surface area (Å²) in [5, 5.41) is 0. The topological polar surface area (TPSA) is 55.6 Å². The lowest BCUT2D eigenvalue weighted by molar-refractivity contribution is 0.0157. The van der Waals surface area contributed by atoms with Crippen molar-refractivity contribution < 1.29 is 9.53 Å². The van der Waals surface area contributed by atoms with Crippen LogP contribution in [0.5, 0.6) is 0 Å². The molecule has 4 nitrogen and oxygen atoms in total. The number of hydrogen-bond donors (Lipinski definition) is 1. The molecule has 0 saturated carbocycles. The van der Waals surface area contributed by atoms with E-state index in [-0.39, 0.29) is 18.2 Å². The molecular formula is C12H26N2O2. The lowest BCUT2D eigenvalue weighted by Gasteiger charge is -2.33. The molecule has 0 radical (unpaired) electrons. The second-order valence-corrected chi connectivity index (χ2v) is 5.27. The van der Waals surface area contributed by atoms with Crippen LogP contribution in [0.15, 0.2) is 0 Å². The third-order valence-corrected chi connectivity index (χ3v) is 2.35. The third kappa shape index (κ3) is 5.35. The van der Waals surface area contributed by atoms with Crippen molar-refractivity contribution in [3.63, 3.8) is 0 Å². The van der Waals surface area contributed by atoms with Crippen LogP contribution < -0.4 is 5.73 Å². The number of hydrogen-bond acceptors (Lipinski definition) is 3. The molecule has 0 aromatic heterocycles. The number of nitrogens with zero attached hydrogens (tertiary/aromatic N) is 1. The Bertz CT molecular complexity index is 222. The average Bonchev–Trinajstić information content (AvgIpc) is 2.09. The molecule has 4 heteroatoms. The first kappa shape index (κ1) is 15.2. The molecule has 0 heterocycles. The van der Waals surface area contributed by atoms with Gasteiger partial charge in [-0.1, -0.05) is 6.92 Å². The molecule has 2 atom stereocenters. The number of nitrogens with two attached hydrogens (primary N) is 1. The molecule has 0 aliphatic carbocycles. The second kappa shape index (κ2) is 6.09. The molecule has 0 bridgehead atoms. The van der Waals surface area contributed by atoms with Gasteiger partial charge in [0, 0.05) is 18.6 Å². The number of amides is 1. The van der Waals surface area contributed by atoms with Crippen LogP contribution in [0.2, 0.25) is 0 Å². The van der Waals surface area contributed by atoms with Gasteiger partial charge in [-0.05, 0) is 41.0 Å². The third-order valence-electron chi connectivity index (χ3n) is 2.35. The van der Waals surface area contributed by atoms with E-state index >= 15 is 0 Å². The van der Waals surface area contributed by atoms with Gasteiger partial charge in [0.15, 0.2) is 0 Å². The van der Waals surface area contributed by atoms with Gasteiger partial charge in [-0.25, -0.2) is 4.79 Å². The fourth-order valence-corrected chi connectivity index (χ4v) is 1.31. The minimum atomic E-state index is -0.458. The summed E-state index contributed by atoms with van der Waals surface area (Å²) in [6.45, 7) is 12.2. The maximum Gasteiger partial charge on any atom is 0.410 e. The monoisotopic (exact) mass is 230 g/mol. The van der Waals surface area contributed by atoms with Crippen molar-refractivity contribution >= 4 is 6.09 Å². The predicted octanol–water partition coefficient (Wildman–Crippen LogP) is 2.37. The number of ether oxygens (including phenoxy) is 1.